The molecule has 0 fully saturated rings. The number of benzene rings is 8. The minimum Gasteiger partial charge on any atom is -0.509 e. The Kier molecular flexibility index (Phi) is 10.7. The normalized spacial score (nSPS) is 12.4. The molecule has 2 aromatic heterocycles. The van der Waals surface area contributed by atoms with E-state index in [9.17, 15) is 0 Å². The van der Waals surface area contributed by atoms with Gasteiger partial charge in [0.05, 0.1) is 0 Å². The Morgan fingerprint density at radius 1 is 0.516 bits per heavy atom. The fourth-order valence-electron chi connectivity index (χ4n) is 8.77. The van der Waals surface area contributed by atoms with E-state index < -0.39 is 0 Å². The number of pyridine rings is 1. The monoisotopic (exact) mass is 1010 g/mol. The molecule has 0 spiro atoms. The molecule has 1 aliphatic rings. The van der Waals surface area contributed by atoms with Crippen molar-refractivity contribution in [3.05, 3.63) is 225 Å². The average Bonchev–Trinajstić information content (AvgIpc) is 3.88. The van der Waals surface area contributed by atoms with Gasteiger partial charge in [-0.3, -0.25) is 0 Å². The van der Waals surface area contributed by atoms with Crippen LogP contribution in [0.25, 0.3) is 61.0 Å². The van der Waals surface area contributed by atoms with Crippen LogP contribution in [0.3, 0.4) is 0 Å². The predicted octanol–water partition coefficient (Wildman–Crippen LogP) is 15.3. The first-order valence-electron chi connectivity index (χ1n) is 21.4. The molecule has 3 heterocycles. The van der Waals surface area contributed by atoms with E-state index >= 15 is 0 Å². The molecule has 0 N–H and O–H groups in total. The summed E-state index contributed by atoms with van der Waals surface area (Å²) in [5.41, 5.74) is 14.2. The third-order valence-corrected chi connectivity index (χ3v) is 11.9. The first-order valence-corrected chi connectivity index (χ1v) is 21.4. The number of rotatable bonds is 8. The van der Waals surface area contributed by atoms with Gasteiger partial charge >= 0.3 is 0 Å². The number of fused-ring (bicyclic) bond motifs is 4. The summed E-state index contributed by atoms with van der Waals surface area (Å²) in [6.07, 6.45) is 1.90. The second kappa shape index (κ2) is 16.8. The van der Waals surface area contributed by atoms with Crippen LogP contribution in [0.15, 0.2) is 200 Å². The summed E-state index contributed by atoms with van der Waals surface area (Å²) in [4.78, 5) is 9.38. The van der Waals surface area contributed by atoms with E-state index in [2.05, 4.69) is 230 Å². The van der Waals surface area contributed by atoms with Crippen molar-refractivity contribution in [1.29, 1.82) is 0 Å². The summed E-state index contributed by atoms with van der Waals surface area (Å²) in [6, 6.07) is 75.4. The van der Waals surface area contributed by atoms with Gasteiger partial charge in [0, 0.05) is 72.5 Å². The quantitative estimate of drug-likeness (QED) is 0.142. The maximum Gasteiger partial charge on any atom is 0.135 e. The van der Waals surface area contributed by atoms with Crippen LogP contribution in [0.5, 0.6) is 11.5 Å². The van der Waals surface area contributed by atoms with E-state index in [4.69, 9.17) is 9.72 Å². The molecule has 0 aliphatic carbocycles. The van der Waals surface area contributed by atoms with Crippen molar-refractivity contribution < 1.29 is 25.8 Å². The summed E-state index contributed by atoms with van der Waals surface area (Å²) in [7, 11) is 0. The van der Waals surface area contributed by atoms with Crippen LogP contribution >= 0.6 is 0 Å². The molecule has 5 nitrogen and oxygen atoms in total. The standard InChI is InChI=1S/C58H43N4O.Pt/c1-58(2,3)44-34-35-59-56(36-44)62-52-25-11-10-22-50(52)51-33-32-47(38-55(51)62)63-46-21-14-20-45(37-46)60-39-61(54-27-13-12-26-53(54)60)57-48(42-18-8-5-9-19-42)23-15-24-49(57)43-30-28-41(29-31-43)40-16-6-4-7-17-40;/h4-36,39H,1-3H3;/q-3;. The van der Waals surface area contributed by atoms with E-state index in [1.54, 1.807) is 0 Å². The van der Waals surface area contributed by atoms with Gasteiger partial charge < -0.3 is 19.1 Å². The van der Waals surface area contributed by atoms with Crippen LogP contribution in [-0.2, 0) is 26.5 Å². The minimum absolute atomic E-state index is 0. The van der Waals surface area contributed by atoms with Gasteiger partial charge in [0.2, 0.25) is 0 Å². The van der Waals surface area contributed by atoms with Gasteiger partial charge in [-0.1, -0.05) is 160 Å². The van der Waals surface area contributed by atoms with Crippen molar-refractivity contribution in [2.45, 2.75) is 26.2 Å². The minimum atomic E-state index is -0.0255. The molecule has 0 bridgehead atoms. The van der Waals surface area contributed by atoms with Crippen molar-refractivity contribution in [2.75, 3.05) is 9.80 Å². The van der Waals surface area contributed by atoms with Gasteiger partial charge in [-0.2, -0.15) is 12.1 Å². The smallest absolute Gasteiger partial charge is 0.135 e. The Balaban J connectivity index is 0.00000484. The van der Waals surface area contributed by atoms with Crippen molar-refractivity contribution in [1.82, 2.24) is 9.55 Å². The summed E-state index contributed by atoms with van der Waals surface area (Å²) in [6.45, 7) is 8.86. The Morgan fingerprint density at radius 3 is 1.84 bits per heavy atom. The maximum absolute atomic E-state index is 6.65. The summed E-state index contributed by atoms with van der Waals surface area (Å²) in [5.74, 6) is 2.04. The molecule has 10 aromatic rings. The zero-order valence-corrected chi connectivity index (χ0v) is 37.9. The van der Waals surface area contributed by atoms with Crippen molar-refractivity contribution in [2.24, 2.45) is 0 Å². The number of hydrogen-bond acceptors (Lipinski definition) is 4. The summed E-state index contributed by atoms with van der Waals surface area (Å²) in [5, 5.41) is 2.23. The molecule has 0 atom stereocenters. The van der Waals surface area contributed by atoms with Gasteiger partial charge in [-0.15, -0.1) is 48.1 Å². The topological polar surface area (TPSA) is 33.5 Å². The molecule has 8 aromatic carbocycles. The van der Waals surface area contributed by atoms with Gasteiger partial charge in [-0.25, -0.2) is 4.98 Å². The fraction of sp³-hybridized carbons (Fsp3) is 0.0690. The van der Waals surface area contributed by atoms with E-state index in [-0.39, 0.29) is 26.5 Å². The molecule has 11 rings (SSSR count). The molecule has 0 saturated carbocycles. The van der Waals surface area contributed by atoms with Crippen molar-refractivity contribution >= 4 is 44.6 Å². The third-order valence-electron chi connectivity index (χ3n) is 11.9. The van der Waals surface area contributed by atoms with E-state index in [0.29, 0.717) is 11.5 Å². The largest absolute Gasteiger partial charge is 0.509 e. The van der Waals surface area contributed by atoms with Gasteiger partial charge in [0.15, 0.2) is 0 Å². The maximum atomic E-state index is 6.65. The van der Waals surface area contributed by atoms with Crippen LogP contribution in [0.4, 0.5) is 22.7 Å². The summed E-state index contributed by atoms with van der Waals surface area (Å²) < 4.78 is 8.84. The molecule has 6 heteroatoms. The van der Waals surface area contributed by atoms with Crippen LogP contribution in [0.1, 0.15) is 26.3 Å². The predicted molar refractivity (Wildman–Crippen MR) is 259 cm³/mol. The molecule has 314 valence electrons. The Labute approximate surface area is 389 Å². The Bertz CT molecular complexity index is 3280. The third kappa shape index (κ3) is 7.46. The molecule has 0 radical (unpaired) electrons. The van der Waals surface area contributed by atoms with Crippen LogP contribution in [0.2, 0.25) is 0 Å². The van der Waals surface area contributed by atoms with E-state index in [1.165, 1.54) is 16.7 Å². The first kappa shape index (κ1) is 40.8. The molecule has 0 amide bonds. The van der Waals surface area contributed by atoms with Gasteiger partial charge in [-0.05, 0) is 69.0 Å². The number of nitrogens with zero attached hydrogens (tertiary/aromatic N) is 4. The molecule has 0 unspecified atom stereocenters. The number of para-hydroxylation sites is 4. The second-order valence-electron chi connectivity index (χ2n) is 16.9. The number of ether oxygens (including phenoxy) is 1. The zero-order chi connectivity index (χ0) is 42.5. The number of anilines is 4. The van der Waals surface area contributed by atoms with E-state index in [1.807, 2.05) is 24.4 Å². The van der Waals surface area contributed by atoms with Crippen molar-refractivity contribution in [3.63, 3.8) is 0 Å². The SMILES string of the molecule is CC(C)(C)c1ccnc(-n2c3[c-]c(Oc4[c-]c(N5[CH-]N(c6c(-c7ccccc7)cccc6-c6ccc(-c7ccccc7)cc6)c6ccccc65)ccc4)ccc3c3ccccc32)c1.[Pt]. The summed E-state index contributed by atoms with van der Waals surface area (Å²) >= 11 is 0. The molecule has 64 heavy (non-hydrogen) atoms. The molecule has 0 saturated heterocycles. The average molecular weight is 1010 g/mol. The van der Waals surface area contributed by atoms with Gasteiger partial charge in [0.1, 0.15) is 5.82 Å². The second-order valence-corrected chi connectivity index (χ2v) is 16.9. The molecular weight excluding hydrogens is 964 g/mol. The Hall–Kier alpha value is -7.20. The molecule has 1 aliphatic heterocycles. The first-order chi connectivity index (χ1) is 30.9. The fourth-order valence-corrected chi connectivity index (χ4v) is 8.77. The van der Waals surface area contributed by atoms with Crippen molar-refractivity contribution in [3.8, 4) is 50.7 Å². The molecular formula is C58H43N4OPt-3. The Morgan fingerprint density at radius 2 is 1.11 bits per heavy atom. The van der Waals surface area contributed by atoms with E-state index in [0.717, 1.165) is 72.6 Å². The number of hydrogen-bond donors (Lipinski definition) is 0. The van der Waals surface area contributed by atoms with Crippen LogP contribution < -0.4 is 14.5 Å². The zero-order valence-electron chi connectivity index (χ0n) is 35.6. The van der Waals surface area contributed by atoms with Crippen LogP contribution in [0, 0.1) is 18.8 Å². The van der Waals surface area contributed by atoms with Gasteiger partial charge in [0.25, 0.3) is 0 Å². The number of aromatic nitrogens is 2. The van der Waals surface area contributed by atoms with Crippen LogP contribution in [-0.4, -0.2) is 9.55 Å².